The molecular formula is C9H16N2. The molecule has 1 fully saturated rings. The van der Waals surface area contributed by atoms with E-state index >= 15 is 0 Å². The monoisotopic (exact) mass is 152 g/mol. The van der Waals surface area contributed by atoms with Crippen LogP contribution in [0.25, 0.3) is 0 Å². The van der Waals surface area contributed by atoms with Crippen LogP contribution in [0.1, 0.15) is 20.3 Å². The number of hydrogen-bond donors (Lipinski definition) is 0. The van der Waals surface area contributed by atoms with Crippen LogP contribution in [0.4, 0.5) is 0 Å². The van der Waals surface area contributed by atoms with Crippen LogP contribution in [-0.2, 0) is 0 Å². The van der Waals surface area contributed by atoms with Gasteiger partial charge in [-0.05, 0) is 18.9 Å². The first-order chi connectivity index (χ1) is 5.22. The SMILES string of the molecule is CC(C)CN1CCC(C#N)C1. The Balaban J connectivity index is 2.26. The third-order valence-corrected chi connectivity index (χ3v) is 2.08. The van der Waals surface area contributed by atoms with E-state index in [1.54, 1.807) is 0 Å². The Hall–Kier alpha value is -0.550. The summed E-state index contributed by atoms with van der Waals surface area (Å²) in [4.78, 5) is 2.39. The molecule has 0 aromatic rings. The maximum absolute atomic E-state index is 8.64. The van der Waals surface area contributed by atoms with E-state index in [9.17, 15) is 0 Å². The number of likely N-dealkylation sites (tertiary alicyclic amines) is 1. The van der Waals surface area contributed by atoms with Gasteiger partial charge in [-0.1, -0.05) is 13.8 Å². The maximum Gasteiger partial charge on any atom is 0.0669 e. The van der Waals surface area contributed by atoms with Crippen molar-refractivity contribution < 1.29 is 0 Å². The fourth-order valence-corrected chi connectivity index (χ4v) is 1.62. The van der Waals surface area contributed by atoms with Crippen LogP contribution >= 0.6 is 0 Å². The lowest BCUT2D eigenvalue weighted by molar-refractivity contribution is 0.293. The molecule has 0 aromatic carbocycles. The van der Waals surface area contributed by atoms with Gasteiger partial charge < -0.3 is 4.90 Å². The standard InChI is InChI=1S/C9H16N2/c1-8(2)6-11-4-3-9(5-10)7-11/h8-9H,3-4,6-7H2,1-2H3. The Morgan fingerprint density at radius 2 is 2.36 bits per heavy atom. The third-order valence-electron chi connectivity index (χ3n) is 2.08. The van der Waals surface area contributed by atoms with Crippen LogP contribution in [0.2, 0.25) is 0 Å². The molecule has 0 N–H and O–H groups in total. The van der Waals surface area contributed by atoms with Crippen molar-refractivity contribution in [3.63, 3.8) is 0 Å². The van der Waals surface area contributed by atoms with Crippen molar-refractivity contribution in [3.05, 3.63) is 0 Å². The van der Waals surface area contributed by atoms with Gasteiger partial charge >= 0.3 is 0 Å². The molecule has 0 saturated carbocycles. The summed E-state index contributed by atoms with van der Waals surface area (Å²) in [6, 6.07) is 2.33. The Kier molecular flexibility index (Phi) is 2.90. The highest BCUT2D eigenvalue weighted by Gasteiger charge is 2.21. The summed E-state index contributed by atoms with van der Waals surface area (Å²) < 4.78 is 0. The number of nitriles is 1. The molecule has 1 aliphatic rings. The van der Waals surface area contributed by atoms with E-state index in [0.29, 0.717) is 5.92 Å². The van der Waals surface area contributed by atoms with E-state index in [1.165, 1.54) is 0 Å². The van der Waals surface area contributed by atoms with Crippen molar-refractivity contribution in [2.24, 2.45) is 11.8 Å². The lowest BCUT2D eigenvalue weighted by Gasteiger charge is -2.16. The summed E-state index contributed by atoms with van der Waals surface area (Å²) in [6.07, 6.45) is 1.07. The van der Waals surface area contributed by atoms with Crippen molar-refractivity contribution in [1.29, 1.82) is 5.26 Å². The van der Waals surface area contributed by atoms with Crippen LogP contribution in [-0.4, -0.2) is 24.5 Å². The molecule has 0 amide bonds. The highest BCUT2D eigenvalue weighted by molar-refractivity contribution is 4.90. The zero-order chi connectivity index (χ0) is 8.27. The number of nitrogens with zero attached hydrogens (tertiary/aromatic N) is 2. The molecule has 62 valence electrons. The van der Waals surface area contributed by atoms with Gasteiger partial charge in [-0.2, -0.15) is 5.26 Å². The second-order valence-electron chi connectivity index (χ2n) is 3.77. The van der Waals surface area contributed by atoms with Crippen molar-refractivity contribution in [2.45, 2.75) is 20.3 Å². The molecule has 2 nitrogen and oxygen atoms in total. The first-order valence-electron chi connectivity index (χ1n) is 4.34. The molecule has 0 spiro atoms. The second kappa shape index (κ2) is 3.73. The van der Waals surface area contributed by atoms with Gasteiger partial charge in [0.15, 0.2) is 0 Å². The summed E-state index contributed by atoms with van der Waals surface area (Å²) >= 11 is 0. The number of hydrogen-bond acceptors (Lipinski definition) is 2. The van der Waals surface area contributed by atoms with Crippen LogP contribution in [0.15, 0.2) is 0 Å². The zero-order valence-electron chi connectivity index (χ0n) is 7.38. The molecule has 0 aliphatic carbocycles. The molecule has 0 radical (unpaired) electrons. The van der Waals surface area contributed by atoms with Gasteiger partial charge in [0.05, 0.1) is 12.0 Å². The highest BCUT2D eigenvalue weighted by Crippen LogP contribution is 2.15. The molecule has 2 heteroatoms. The van der Waals surface area contributed by atoms with Gasteiger partial charge in [0.25, 0.3) is 0 Å². The second-order valence-corrected chi connectivity index (χ2v) is 3.77. The molecule has 1 saturated heterocycles. The molecule has 11 heavy (non-hydrogen) atoms. The van der Waals surface area contributed by atoms with Crippen LogP contribution in [0.5, 0.6) is 0 Å². The molecule has 0 aromatic heterocycles. The molecule has 1 rings (SSSR count). The molecular weight excluding hydrogens is 136 g/mol. The summed E-state index contributed by atoms with van der Waals surface area (Å²) in [7, 11) is 0. The van der Waals surface area contributed by atoms with Gasteiger partial charge in [-0.25, -0.2) is 0 Å². The van der Waals surface area contributed by atoms with Crippen molar-refractivity contribution >= 4 is 0 Å². The molecule has 1 heterocycles. The highest BCUT2D eigenvalue weighted by atomic mass is 15.1. The van der Waals surface area contributed by atoms with E-state index in [1.807, 2.05) is 0 Å². The van der Waals surface area contributed by atoms with Crippen LogP contribution < -0.4 is 0 Å². The first-order valence-corrected chi connectivity index (χ1v) is 4.34. The van der Waals surface area contributed by atoms with Crippen molar-refractivity contribution in [3.8, 4) is 6.07 Å². The first kappa shape index (κ1) is 8.55. The fraction of sp³-hybridized carbons (Fsp3) is 0.889. The normalized spacial score (nSPS) is 25.8. The predicted molar refractivity (Wildman–Crippen MR) is 45.0 cm³/mol. The van der Waals surface area contributed by atoms with Gasteiger partial charge in [-0.15, -0.1) is 0 Å². The van der Waals surface area contributed by atoms with Gasteiger partial charge in [-0.3, -0.25) is 0 Å². The summed E-state index contributed by atoms with van der Waals surface area (Å²) in [6.45, 7) is 7.71. The van der Waals surface area contributed by atoms with Crippen LogP contribution in [0, 0.1) is 23.2 Å². The fourth-order valence-electron chi connectivity index (χ4n) is 1.62. The van der Waals surface area contributed by atoms with Crippen molar-refractivity contribution in [2.75, 3.05) is 19.6 Å². The van der Waals surface area contributed by atoms with E-state index in [0.717, 1.165) is 32.0 Å². The topological polar surface area (TPSA) is 27.0 Å². The van der Waals surface area contributed by atoms with Crippen LogP contribution in [0.3, 0.4) is 0 Å². The smallest absolute Gasteiger partial charge is 0.0669 e. The third kappa shape index (κ3) is 2.51. The summed E-state index contributed by atoms with van der Waals surface area (Å²) in [5.74, 6) is 1.03. The average molecular weight is 152 g/mol. The van der Waals surface area contributed by atoms with Gasteiger partial charge in [0.2, 0.25) is 0 Å². The maximum atomic E-state index is 8.64. The van der Waals surface area contributed by atoms with Gasteiger partial charge in [0.1, 0.15) is 0 Å². The lowest BCUT2D eigenvalue weighted by atomic mass is 10.1. The molecule has 0 bridgehead atoms. The van der Waals surface area contributed by atoms with E-state index in [4.69, 9.17) is 5.26 Å². The molecule has 1 aliphatic heterocycles. The van der Waals surface area contributed by atoms with E-state index in [-0.39, 0.29) is 0 Å². The lowest BCUT2D eigenvalue weighted by Crippen LogP contribution is -2.24. The largest absolute Gasteiger partial charge is 0.302 e. The van der Waals surface area contributed by atoms with E-state index < -0.39 is 0 Å². The summed E-state index contributed by atoms with van der Waals surface area (Å²) in [5.41, 5.74) is 0. The van der Waals surface area contributed by atoms with Gasteiger partial charge in [0, 0.05) is 13.1 Å². The Morgan fingerprint density at radius 1 is 1.64 bits per heavy atom. The van der Waals surface area contributed by atoms with Crippen molar-refractivity contribution in [1.82, 2.24) is 4.90 Å². The zero-order valence-corrected chi connectivity index (χ0v) is 7.38. The summed E-state index contributed by atoms with van der Waals surface area (Å²) in [5, 5.41) is 8.64. The molecule has 1 unspecified atom stereocenters. The minimum absolute atomic E-state index is 0.300. The quantitative estimate of drug-likeness (QED) is 0.599. The Labute approximate surface area is 68.8 Å². The minimum Gasteiger partial charge on any atom is -0.302 e. The Morgan fingerprint density at radius 3 is 2.82 bits per heavy atom. The predicted octanol–water partition coefficient (Wildman–Crippen LogP) is 1.49. The minimum atomic E-state index is 0.300. The molecule has 1 atom stereocenters. The van der Waals surface area contributed by atoms with E-state index in [2.05, 4.69) is 24.8 Å². The average Bonchev–Trinajstić information content (AvgIpc) is 2.34. The Bertz CT molecular complexity index is 157. The number of rotatable bonds is 2.